The Bertz CT molecular complexity index is 1920. The van der Waals surface area contributed by atoms with Crippen LogP contribution >= 0.6 is 0 Å². The van der Waals surface area contributed by atoms with E-state index in [1.807, 2.05) is 78.9 Å². The Hall–Kier alpha value is -5.05. The van der Waals surface area contributed by atoms with Crippen LogP contribution in [-0.4, -0.2) is 55.4 Å². The van der Waals surface area contributed by atoms with E-state index in [1.165, 1.54) is 4.90 Å². The summed E-state index contributed by atoms with van der Waals surface area (Å²) in [7, 11) is 0. The molecular weight excluding hydrogens is 568 g/mol. The molecule has 9 nitrogen and oxygen atoms in total. The smallest absolute Gasteiger partial charge is 0.411 e. The van der Waals surface area contributed by atoms with Gasteiger partial charge in [-0.15, -0.1) is 0 Å². The van der Waals surface area contributed by atoms with Crippen LogP contribution in [0.1, 0.15) is 48.8 Å². The summed E-state index contributed by atoms with van der Waals surface area (Å²) < 4.78 is 11.6. The zero-order valence-corrected chi connectivity index (χ0v) is 25.6. The van der Waals surface area contributed by atoms with Crippen LogP contribution < -0.4 is 0 Å². The highest BCUT2D eigenvalue weighted by molar-refractivity contribution is 5.94. The fraction of sp³-hybridized carbons (Fsp3) is 0.306. The summed E-state index contributed by atoms with van der Waals surface area (Å²) in [5, 5.41) is 2.04. The Labute approximate surface area is 261 Å². The fourth-order valence-corrected chi connectivity index (χ4v) is 6.61. The van der Waals surface area contributed by atoms with Gasteiger partial charge >= 0.3 is 12.1 Å². The van der Waals surface area contributed by atoms with Crippen molar-refractivity contribution in [2.45, 2.75) is 71.0 Å². The number of fused-ring (bicyclic) bond motifs is 6. The van der Waals surface area contributed by atoms with E-state index < -0.39 is 29.7 Å². The van der Waals surface area contributed by atoms with Gasteiger partial charge in [-0.1, -0.05) is 66.7 Å². The summed E-state index contributed by atoms with van der Waals surface area (Å²) in [6.45, 7) is 5.89. The van der Waals surface area contributed by atoms with Gasteiger partial charge in [0.1, 0.15) is 24.3 Å². The second-order valence-electron chi connectivity index (χ2n) is 12.9. The normalized spacial score (nSPS) is 18.0. The standard InChI is InChI=1S/C36H36N4O5/c1-36(2,3)45-35(43)40-20-30-25(23-13-7-9-15-27(23)38-30)17-31(40)33(41)39-19-29-26(24-14-8-10-16-28(24)37-29)18-32(39)34(42)44-21-22-11-5-4-6-12-22/h4-16,31-32,37-38H,17-21H2,1-3H3. The van der Waals surface area contributed by atoms with Crippen molar-refractivity contribution >= 4 is 39.8 Å². The van der Waals surface area contributed by atoms with E-state index in [0.717, 1.165) is 49.9 Å². The fourth-order valence-electron chi connectivity index (χ4n) is 6.61. The highest BCUT2D eigenvalue weighted by Crippen LogP contribution is 2.35. The van der Waals surface area contributed by atoms with Crippen molar-refractivity contribution in [3.05, 3.63) is 107 Å². The number of hydrogen-bond acceptors (Lipinski definition) is 5. The molecule has 2 amide bonds. The number of amides is 2. The first-order chi connectivity index (χ1) is 21.7. The summed E-state index contributed by atoms with van der Waals surface area (Å²) >= 11 is 0. The molecule has 9 heteroatoms. The number of nitrogens with one attached hydrogen (secondary N) is 2. The molecule has 2 atom stereocenters. The van der Waals surface area contributed by atoms with Gasteiger partial charge in [0.15, 0.2) is 0 Å². The number of para-hydroxylation sites is 2. The minimum Gasteiger partial charge on any atom is -0.459 e. The van der Waals surface area contributed by atoms with E-state index in [0.29, 0.717) is 12.8 Å². The molecule has 7 rings (SSSR count). The predicted molar refractivity (Wildman–Crippen MR) is 170 cm³/mol. The highest BCUT2D eigenvalue weighted by Gasteiger charge is 2.45. The maximum atomic E-state index is 14.8. The molecule has 2 N–H and O–H groups in total. The van der Waals surface area contributed by atoms with Gasteiger partial charge < -0.3 is 24.3 Å². The lowest BCUT2D eigenvalue weighted by Gasteiger charge is -2.41. The van der Waals surface area contributed by atoms with E-state index in [2.05, 4.69) is 9.97 Å². The molecule has 2 aliphatic rings. The molecule has 2 aromatic heterocycles. The minimum atomic E-state index is -0.873. The Morgan fingerprint density at radius 3 is 1.87 bits per heavy atom. The summed E-state index contributed by atoms with van der Waals surface area (Å²) in [6.07, 6.45) is 0.0202. The second kappa shape index (κ2) is 11.1. The van der Waals surface area contributed by atoms with Gasteiger partial charge in [0, 0.05) is 46.0 Å². The first-order valence-corrected chi connectivity index (χ1v) is 15.3. The number of nitrogens with zero attached hydrogens (tertiary/aromatic N) is 2. The van der Waals surface area contributed by atoms with Crippen LogP contribution in [0, 0.1) is 0 Å². The molecule has 0 spiro atoms. The molecular formula is C36H36N4O5. The van der Waals surface area contributed by atoms with Crippen LogP contribution in [0.5, 0.6) is 0 Å². The summed E-state index contributed by atoms with van der Waals surface area (Å²) in [6, 6.07) is 23.6. The van der Waals surface area contributed by atoms with Crippen LogP contribution in [0.15, 0.2) is 78.9 Å². The first kappa shape index (κ1) is 28.7. The monoisotopic (exact) mass is 604 g/mol. The van der Waals surface area contributed by atoms with Crippen molar-refractivity contribution in [2.24, 2.45) is 0 Å². The molecule has 4 heterocycles. The predicted octanol–water partition coefficient (Wildman–Crippen LogP) is 6.01. The molecule has 2 aliphatic heterocycles. The number of carbonyl (C=O) groups excluding carboxylic acids is 3. The average molecular weight is 605 g/mol. The third-order valence-corrected chi connectivity index (χ3v) is 8.70. The lowest BCUT2D eigenvalue weighted by molar-refractivity contribution is -0.159. The molecule has 3 aromatic carbocycles. The Balaban J connectivity index is 1.26. The maximum absolute atomic E-state index is 14.8. The minimum absolute atomic E-state index is 0.102. The van der Waals surface area contributed by atoms with Gasteiger partial charge in [0.2, 0.25) is 5.91 Å². The van der Waals surface area contributed by atoms with Crippen molar-refractivity contribution in [3.8, 4) is 0 Å². The molecule has 0 aliphatic carbocycles. The summed E-state index contributed by atoms with van der Waals surface area (Å²) in [5.41, 5.74) is 5.76. The van der Waals surface area contributed by atoms with Gasteiger partial charge in [-0.25, -0.2) is 9.59 Å². The number of aromatic nitrogens is 2. The number of esters is 1. The third-order valence-electron chi connectivity index (χ3n) is 8.70. The van der Waals surface area contributed by atoms with Crippen molar-refractivity contribution in [2.75, 3.05) is 0 Å². The largest absolute Gasteiger partial charge is 0.459 e. The van der Waals surface area contributed by atoms with Crippen molar-refractivity contribution < 1.29 is 23.9 Å². The number of rotatable bonds is 4. The van der Waals surface area contributed by atoms with Crippen molar-refractivity contribution in [3.63, 3.8) is 0 Å². The van der Waals surface area contributed by atoms with Gasteiger partial charge in [-0.05, 0) is 49.6 Å². The van der Waals surface area contributed by atoms with E-state index >= 15 is 0 Å². The van der Waals surface area contributed by atoms with Crippen LogP contribution in [0.3, 0.4) is 0 Å². The number of ether oxygens (including phenoxy) is 2. The second-order valence-corrected chi connectivity index (χ2v) is 12.9. The molecule has 0 saturated heterocycles. The summed E-state index contributed by atoms with van der Waals surface area (Å²) in [4.78, 5) is 52.2. The third kappa shape index (κ3) is 5.43. The number of benzene rings is 3. The highest BCUT2D eigenvalue weighted by atomic mass is 16.6. The van der Waals surface area contributed by atoms with Crippen LogP contribution in [0.2, 0.25) is 0 Å². The van der Waals surface area contributed by atoms with E-state index in [9.17, 15) is 14.4 Å². The van der Waals surface area contributed by atoms with E-state index in [4.69, 9.17) is 9.47 Å². The zero-order chi connectivity index (χ0) is 31.3. The molecule has 5 aromatic rings. The molecule has 0 fully saturated rings. The number of carbonyl (C=O) groups is 3. The molecule has 230 valence electrons. The quantitative estimate of drug-likeness (QED) is 0.245. The van der Waals surface area contributed by atoms with Crippen LogP contribution in [0.4, 0.5) is 4.79 Å². The SMILES string of the molecule is CC(C)(C)OC(=O)N1Cc2[nH]c3ccccc3c2CC1C(=O)N1Cc2[nH]c3ccccc3c2CC1C(=O)OCc1ccccc1. The first-order valence-electron chi connectivity index (χ1n) is 15.3. The molecule has 0 saturated carbocycles. The average Bonchev–Trinajstić information content (AvgIpc) is 3.59. The lowest BCUT2D eigenvalue weighted by Crippen LogP contribution is -2.58. The van der Waals surface area contributed by atoms with Gasteiger partial charge in [-0.2, -0.15) is 0 Å². The lowest BCUT2D eigenvalue weighted by atomic mass is 9.92. The van der Waals surface area contributed by atoms with Gasteiger partial charge in [0.25, 0.3) is 0 Å². The van der Waals surface area contributed by atoms with Gasteiger partial charge in [-0.3, -0.25) is 9.69 Å². The van der Waals surface area contributed by atoms with E-state index in [-0.39, 0.29) is 25.6 Å². The van der Waals surface area contributed by atoms with Crippen LogP contribution in [-0.2, 0) is 51.6 Å². The molecule has 0 bridgehead atoms. The molecule has 0 radical (unpaired) electrons. The van der Waals surface area contributed by atoms with E-state index in [1.54, 1.807) is 25.7 Å². The number of H-pyrrole nitrogens is 2. The number of aromatic amines is 2. The van der Waals surface area contributed by atoms with Crippen molar-refractivity contribution in [1.29, 1.82) is 0 Å². The molecule has 2 unspecified atom stereocenters. The molecule has 45 heavy (non-hydrogen) atoms. The Kier molecular flexibility index (Phi) is 7.11. The Morgan fingerprint density at radius 1 is 0.733 bits per heavy atom. The Morgan fingerprint density at radius 2 is 1.27 bits per heavy atom. The van der Waals surface area contributed by atoms with Crippen LogP contribution in [0.25, 0.3) is 21.8 Å². The van der Waals surface area contributed by atoms with Gasteiger partial charge in [0.05, 0.1) is 13.1 Å². The maximum Gasteiger partial charge on any atom is 0.411 e. The topological polar surface area (TPSA) is 108 Å². The zero-order valence-electron chi connectivity index (χ0n) is 25.6. The number of hydrogen-bond donors (Lipinski definition) is 2. The summed E-state index contributed by atoms with van der Waals surface area (Å²) in [5.74, 6) is -0.793. The van der Waals surface area contributed by atoms with Crippen molar-refractivity contribution in [1.82, 2.24) is 19.8 Å².